The molecule has 3 atom stereocenters. The molecule has 3 heterocycles. The Morgan fingerprint density at radius 1 is 1.31 bits per heavy atom. The smallest absolute Gasteiger partial charge is 0.269 e. The maximum Gasteiger partial charge on any atom is 0.269 e. The van der Waals surface area contributed by atoms with Gasteiger partial charge >= 0.3 is 0 Å². The second-order valence-electron chi connectivity index (χ2n) is 8.60. The van der Waals surface area contributed by atoms with Crippen LogP contribution in [-0.2, 0) is 27.3 Å². The first kappa shape index (κ1) is 25.6. The molecule has 4 rings (SSSR count). The van der Waals surface area contributed by atoms with Crippen molar-refractivity contribution >= 4 is 40.1 Å². The number of amides is 2. The van der Waals surface area contributed by atoms with Gasteiger partial charge in [0.05, 0.1) is 23.3 Å². The van der Waals surface area contributed by atoms with Crippen LogP contribution in [0.15, 0.2) is 30.5 Å². The van der Waals surface area contributed by atoms with Gasteiger partial charge in [0.25, 0.3) is 5.91 Å². The predicted octanol–water partition coefficient (Wildman–Crippen LogP) is 2.40. The van der Waals surface area contributed by atoms with E-state index in [4.69, 9.17) is 22.1 Å². The maximum atomic E-state index is 14.8. The van der Waals surface area contributed by atoms with Gasteiger partial charge in [0.2, 0.25) is 5.91 Å². The van der Waals surface area contributed by atoms with Crippen molar-refractivity contribution in [1.29, 1.82) is 0 Å². The van der Waals surface area contributed by atoms with Crippen LogP contribution in [-0.4, -0.2) is 69.2 Å². The summed E-state index contributed by atoms with van der Waals surface area (Å²) >= 11 is 5.81. The van der Waals surface area contributed by atoms with E-state index < -0.39 is 41.7 Å². The Morgan fingerprint density at radius 2 is 2.06 bits per heavy atom. The Hall–Kier alpha value is -3.44. The first-order chi connectivity index (χ1) is 17.1. The number of aromatic nitrogens is 3. The minimum atomic E-state index is -1.60. The van der Waals surface area contributed by atoms with Gasteiger partial charge < -0.3 is 15.4 Å². The number of methoxy groups -OCH3 is 1. The summed E-state index contributed by atoms with van der Waals surface area (Å²) in [6.07, 6.45) is -1.45. The van der Waals surface area contributed by atoms with E-state index in [1.807, 2.05) is 0 Å². The summed E-state index contributed by atoms with van der Waals surface area (Å²) in [4.78, 5) is 43.6. The SMILES string of the molecule is CO[C@H]1[C@@H](C(=O)CCc2cccc(Cl)c2F)N(C(=O)Cn2nc(C(N)=O)c3cc(C)ncc32)C[C@@H]1F. The van der Waals surface area contributed by atoms with Crippen LogP contribution in [0.25, 0.3) is 10.9 Å². The van der Waals surface area contributed by atoms with E-state index in [2.05, 4.69) is 10.1 Å². The van der Waals surface area contributed by atoms with E-state index in [0.717, 1.165) is 4.90 Å². The van der Waals surface area contributed by atoms with Crippen molar-refractivity contribution in [2.75, 3.05) is 13.7 Å². The molecular formula is C24H24ClF2N5O4. The largest absolute Gasteiger partial charge is 0.376 e. The van der Waals surface area contributed by atoms with E-state index in [9.17, 15) is 23.2 Å². The lowest BCUT2D eigenvalue weighted by Gasteiger charge is -2.26. The predicted molar refractivity (Wildman–Crippen MR) is 127 cm³/mol. The number of hydrogen-bond donors (Lipinski definition) is 1. The second kappa shape index (κ2) is 10.3. The number of nitrogens with zero attached hydrogens (tertiary/aromatic N) is 4. The third kappa shape index (κ3) is 4.80. The summed E-state index contributed by atoms with van der Waals surface area (Å²) in [5, 5.41) is 4.52. The molecule has 0 unspecified atom stereocenters. The van der Waals surface area contributed by atoms with Crippen LogP contribution in [0.3, 0.4) is 0 Å². The molecule has 0 spiro atoms. The number of carbonyl (C=O) groups excluding carboxylic acids is 3. The number of aryl methyl sites for hydroxylation is 2. The van der Waals surface area contributed by atoms with Gasteiger partial charge in [0.15, 0.2) is 11.5 Å². The van der Waals surface area contributed by atoms with Gasteiger partial charge in [0.1, 0.15) is 30.7 Å². The molecular weight excluding hydrogens is 496 g/mol. The summed E-state index contributed by atoms with van der Waals surface area (Å²) in [6, 6.07) is 4.88. The molecule has 2 aromatic heterocycles. The number of likely N-dealkylation sites (tertiary alicyclic amines) is 1. The fraction of sp³-hybridized carbons (Fsp3) is 0.375. The average Bonchev–Trinajstić information content (AvgIpc) is 3.36. The quantitative estimate of drug-likeness (QED) is 0.488. The van der Waals surface area contributed by atoms with Crippen LogP contribution < -0.4 is 5.73 Å². The summed E-state index contributed by atoms with van der Waals surface area (Å²) in [5.41, 5.74) is 6.66. The molecule has 0 bridgehead atoms. The van der Waals surface area contributed by atoms with Crippen molar-refractivity contribution in [2.24, 2.45) is 5.73 Å². The molecule has 1 saturated heterocycles. The number of pyridine rings is 1. The summed E-state index contributed by atoms with van der Waals surface area (Å²) in [5.74, 6) is -2.49. The normalized spacial score (nSPS) is 19.7. The number of rotatable bonds is 8. The van der Waals surface area contributed by atoms with E-state index in [1.54, 1.807) is 19.1 Å². The highest BCUT2D eigenvalue weighted by molar-refractivity contribution is 6.30. The summed E-state index contributed by atoms with van der Waals surface area (Å²) in [6.45, 7) is 0.984. The van der Waals surface area contributed by atoms with E-state index >= 15 is 0 Å². The number of halogens is 3. The van der Waals surface area contributed by atoms with Crippen molar-refractivity contribution in [3.63, 3.8) is 0 Å². The highest BCUT2D eigenvalue weighted by atomic mass is 35.5. The van der Waals surface area contributed by atoms with Gasteiger partial charge in [0, 0.05) is 24.6 Å². The topological polar surface area (TPSA) is 120 Å². The number of ether oxygens (including phenoxy) is 1. The van der Waals surface area contributed by atoms with Gasteiger partial charge in [-0.25, -0.2) is 8.78 Å². The van der Waals surface area contributed by atoms with Gasteiger partial charge in [-0.3, -0.25) is 24.0 Å². The zero-order valence-electron chi connectivity index (χ0n) is 19.6. The number of nitrogens with two attached hydrogens (primary N) is 1. The molecule has 190 valence electrons. The van der Waals surface area contributed by atoms with Crippen molar-refractivity contribution in [2.45, 2.75) is 44.6 Å². The number of Topliss-reactive ketones (excluding diaryl/α,β-unsaturated/α-hetero) is 1. The number of benzene rings is 1. The lowest BCUT2D eigenvalue weighted by atomic mass is 9.99. The molecule has 1 fully saturated rings. The Kier molecular flexibility index (Phi) is 7.32. The van der Waals surface area contributed by atoms with Crippen molar-refractivity contribution in [3.8, 4) is 0 Å². The van der Waals surface area contributed by atoms with Gasteiger partial charge in [-0.2, -0.15) is 5.10 Å². The molecule has 0 aliphatic carbocycles. The minimum absolute atomic E-state index is 0.0218. The average molecular weight is 520 g/mol. The summed E-state index contributed by atoms with van der Waals surface area (Å²) < 4.78 is 35.5. The lowest BCUT2D eigenvalue weighted by molar-refractivity contribution is -0.140. The first-order valence-electron chi connectivity index (χ1n) is 11.2. The van der Waals surface area contributed by atoms with Crippen LogP contribution in [0.2, 0.25) is 5.02 Å². The zero-order valence-corrected chi connectivity index (χ0v) is 20.3. The molecule has 1 aliphatic rings. The first-order valence-corrected chi connectivity index (χ1v) is 11.5. The molecule has 12 heteroatoms. The fourth-order valence-corrected chi connectivity index (χ4v) is 4.71. The van der Waals surface area contributed by atoms with Crippen LogP contribution in [0.5, 0.6) is 0 Å². The highest BCUT2D eigenvalue weighted by Crippen LogP contribution is 2.28. The number of alkyl halides is 1. The Bertz CT molecular complexity index is 1350. The summed E-state index contributed by atoms with van der Waals surface area (Å²) in [7, 11) is 1.26. The molecule has 9 nitrogen and oxygen atoms in total. The Morgan fingerprint density at radius 3 is 2.75 bits per heavy atom. The van der Waals surface area contributed by atoms with Crippen LogP contribution >= 0.6 is 11.6 Å². The van der Waals surface area contributed by atoms with Crippen molar-refractivity contribution < 1.29 is 27.9 Å². The van der Waals surface area contributed by atoms with Gasteiger partial charge in [-0.1, -0.05) is 23.7 Å². The third-order valence-corrected chi connectivity index (χ3v) is 6.55. The third-order valence-electron chi connectivity index (χ3n) is 6.26. The van der Waals surface area contributed by atoms with Crippen LogP contribution in [0.1, 0.15) is 28.2 Å². The van der Waals surface area contributed by atoms with E-state index in [0.29, 0.717) is 16.6 Å². The monoisotopic (exact) mass is 519 g/mol. The molecule has 3 aromatic rings. The van der Waals surface area contributed by atoms with Crippen molar-refractivity contribution in [1.82, 2.24) is 19.7 Å². The van der Waals surface area contributed by atoms with E-state index in [-0.39, 0.29) is 42.2 Å². The minimum Gasteiger partial charge on any atom is -0.376 e. The van der Waals surface area contributed by atoms with Crippen LogP contribution in [0.4, 0.5) is 8.78 Å². The molecule has 0 radical (unpaired) electrons. The number of fused-ring (bicyclic) bond motifs is 1. The number of primary amides is 1. The molecule has 0 saturated carbocycles. The molecule has 1 aliphatic heterocycles. The van der Waals surface area contributed by atoms with Crippen molar-refractivity contribution in [3.05, 3.63) is 58.3 Å². The molecule has 1 aromatic carbocycles. The van der Waals surface area contributed by atoms with Crippen LogP contribution in [0, 0.1) is 12.7 Å². The standard InChI is InChI=1S/C24H24ClF2N5O4/c1-12-8-14-17(9-29-12)32(30-21(14)24(28)35)11-19(34)31-10-16(26)23(36-2)22(31)18(33)7-6-13-4-3-5-15(25)20(13)27/h3-5,8-9,16,22-23H,6-7,10-11H2,1-2H3,(H2,28,35)/t16-,22+,23+/m0/s1. The number of hydrogen-bond acceptors (Lipinski definition) is 6. The zero-order chi connectivity index (χ0) is 26.1. The molecule has 2 N–H and O–H groups in total. The Labute approximate surface area is 210 Å². The number of ketones is 1. The van der Waals surface area contributed by atoms with Gasteiger partial charge in [-0.15, -0.1) is 0 Å². The number of carbonyl (C=O) groups is 3. The molecule has 36 heavy (non-hydrogen) atoms. The van der Waals surface area contributed by atoms with E-state index in [1.165, 1.54) is 30.1 Å². The Balaban J connectivity index is 1.58. The van der Waals surface area contributed by atoms with Gasteiger partial charge in [-0.05, 0) is 31.0 Å². The lowest BCUT2D eigenvalue weighted by Crippen LogP contribution is -2.47. The fourth-order valence-electron chi connectivity index (χ4n) is 4.52. The maximum absolute atomic E-state index is 14.8. The second-order valence-corrected chi connectivity index (χ2v) is 9.01. The highest BCUT2D eigenvalue weighted by Gasteiger charge is 2.48. The molecule has 2 amide bonds.